The number of methoxy groups -OCH3 is 2. The van der Waals surface area contributed by atoms with Gasteiger partial charge < -0.3 is 23.9 Å². The molecule has 1 aromatic heterocycles. The van der Waals surface area contributed by atoms with Crippen molar-refractivity contribution in [3.8, 4) is 11.5 Å². The van der Waals surface area contributed by atoms with Crippen LogP contribution in [0.4, 0.5) is 0 Å². The van der Waals surface area contributed by atoms with Gasteiger partial charge in [0.15, 0.2) is 23.0 Å². The average Bonchev–Trinajstić information content (AvgIpc) is 3.06. The number of amides is 1. The first-order chi connectivity index (χ1) is 13.1. The molecular weight excluding hydrogens is 348 g/mol. The van der Waals surface area contributed by atoms with Gasteiger partial charge >= 0.3 is 0 Å². The Morgan fingerprint density at radius 2 is 1.96 bits per heavy atom. The molecule has 140 valence electrons. The van der Waals surface area contributed by atoms with E-state index in [9.17, 15) is 9.90 Å². The molecule has 1 aliphatic heterocycles. The highest BCUT2D eigenvalue weighted by molar-refractivity contribution is 5.97. The molecule has 2 aromatic carbocycles. The number of rotatable bonds is 5. The number of β-amino-alcohol motifs (C(OH)–C–C–N with tert-alkyl or cyclic N) is 1. The molecule has 1 N–H and O–H groups in total. The van der Waals surface area contributed by atoms with Crippen molar-refractivity contribution in [2.75, 3.05) is 27.3 Å². The fraction of sp³-hybridized carbons (Fsp3) is 0.300. The van der Waals surface area contributed by atoms with Gasteiger partial charge in [-0.2, -0.15) is 0 Å². The lowest BCUT2D eigenvalue weighted by molar-refractivity contribution is 0.00590. The van der Waals surface area contributed by atoms with Crippen LogP contribution >= 0.6 is 0 Å². The number of oxazole rings is 1. The van der Waals surface area contributed by atoms with E-state index in [1.165, 1.54) is 0 Å². The van der Waals surface area contributed by atoms with Crippen LogP contribution in [0, 0.1) is 0 Å². The molecule has 0 spiro atoms. The van der Waals surface area contributed by atoms with Gasteiger partial charge in [-0.1, -0.05) is 6.07 Å². The minimum atomic E-state index is -0.420. The molecule has 0 aliphatic carbocycles. The van der Waals surface area contributed by atoms with Crippen LogP contribution in [0.15, 0.2) is 40.8 Å². The van der Waals surface area contributed by atoms with Crippen molar-refractivity contribution in [3.05, 3.63) is 53.4 Å². The number of carbonyl (C=O) groups is 1. The van der Waals surface area contributed by atoms with E-state index in [2.05, 4.69) is 4.98 Å². The summed E-state index contributed by atoms with van der Waals surface area (Å²) in [6, 6.07) is 10.9. The highest BCUT2D eigenvalue weighted by Crippen LogP contribution is 2.29. The number of aliphatic hydroxyl groups is 1. The van der Waals surface area contributed by atoms with Crippen LogP contribution in [-0.2, 0) is 6.42 Å². The predicted octanol–water partition coefficient (Wildman–Crippen LogP) is 2.25. The summed E-state index contributed by atoms with van der Waals surface area (Å²) in [6.45, 7) is 0.746. The number of nitrogens with zero attached hydrogens (tertiary/aromatic N) is 2. The molecule has 1 fully saturated rings. The van der Waals surface area contributed by atoms with Gasteiger partial charge in [0.2, 0.25) is 0 Å². The monoisotopic (exact) mass is 368 g/mol. The summed E-state index contributed by atoms with van der Waals surface area (Å²) in [5, 5.41) is 9.36. The molecule has 1 amide bonds. The highest BCUT2D eigenvalue weighted by Gasteiger charge is 2.29. The van der Waals surface area contributed by atoms with Crippen molar-refractivity contribution in [1.29, 1.82) is 0 Å². The molecule has 0 atom stereocenters. The Kier molecular flexibility index (Phi) is 4.45. The minimum Gasteiger partial charge on any atom is -0.493 e. The summed E-state index contributed by atoms with van der Waals surface area (Å²) in [5.74, 6) is 1.76. The smallest absolute Gasteiger partial charge is 0.254 e. The molecule has 0 unspecified atom stereocenters. The third kappa shape index (κ3) is 3.33. The normalized spacial score (nSPS) is 14.3. The van der Waals surface area contributed by atoms with E-state index in [0.29, 0.717) is 53.6 Å². The molecule has 1 saturated heterocycles. The zero-order valence-corrected chi connectivity index (χ0v) is 15.1. The van der Waals surface area contributed by atoms with E-state index in [0.717, 1.165) is 5.56 Å². The van der Waals surface area contributed by atoms with E-state index in [1.807, 2.05) is 18.2 Å². The third-order valence-corrected chi connectivity index (χ3v) is 4.63. The first kappa shape index (κ1) is 17.4. The zero-order chi connectivity index (χ0) is 19.0. The molecule has 0 saturated carbocycles. The number of carbonyl (C=O) groups excluding carboxylic acids is 1. The maximum atomic E-state index is 12.4. The van der Waals surface area contributed by atoms with Crippen LogP contribution in [-0.4, -0.2) is 54.3 Å². The van der Waals surface area contributed by atoms with E-state index >= 15 is 0 Å². The van der Waals surface area contributed by atoms with Crippen molar-refractivity contribution in [1.82, 2.24) is 9.88 Å². The summed E-state index contributed by atoms with van der Waals surface area (Å²) in [4.78, 5) is 18.5. The Balaban J connectivity index is 1.56. The Morgan fingerprint density at radius 3 is 2.67 bits per heavy atom. The number of likely N-dealkylation sites (tertiary alicyclic amines) is 1. The predicted molar refractivity (Wildman–Crippen MR) is 98.3 cm³/mol. The highest BCUT2D eigenvalue weighted by atomic mass is 16.5. The first-order valence-corrected chi connectivity index (χ1v) is 8.65. The SMILES string of the molecule is COc1ccc(Cc2nc3ccc(C(=O)N4CC(O)C4)cc3o2)cc1OC. The number of ether oxygens (including phenoxy) is 2. The summed E-state index contributed by atoms with van der Waals surface area (Å²) in [7, 11) is 3.19. The van der Waals surface area contributed by atoms with Crippen LogP contribution in [0.3, 0.4) is 0 Å². The Hall–Kier alpha value is -3.06. The fourth-order valence-corrected chi connectivity index (χ4v) is 3.15. The quantitative estimate of drug-likeness (QED) is 0.744. The van der Waals surface area contributed by atoms with Crippen molar-refractivity contribution in [3.63, 3.8) is 0 Å². The number of fused-ring (bicyclic) bond motifs is 1. The summed E-state index contributed by atoms with van der Waals surface area (Å²) in [5.41, 5.74) is 2.77. The van der Waals surface area contributed by atoms with Gasteiger partial charge in [-0.15, -0.1) is 0 Å². The lowest BCUT2D eigenvalue weighted by Gasteiger charge is -2.35. The van der Waals surface area contributed by atoms with Crippen LogP contribution in [0.2, 0.25) is 0 Å². The van der Waals surface area contributed by atoms with Gasteiger partial charge in [0.1, 0.15) is 5.52 Å². The Labute approximate surface area is 156 Å². The topological polar surface area (TPSA) is 85.0 Å². The second-order valence-electron chi connectivity index (χ2n) is 6.52. The van der Waals surface area contributed by atoms with Gasteiger partial charge in [-0.25, -0.2) is 4.98 Å². The minimum absolute atomic E-state index is 0.111. The van der Waals surface area contributed by atoms with E-state index in [-0.39, 0.29) is 5.91 Å². The molecular formula is C20H20N2O5. The molecule has 7 heteroatoms. The van der Waals surface area contributed by atoms with Crippen LogP contribution in [0.5, 0.6) is 11.5 Å². The van der Waals surface area contributed by atoms with Crippen LogP contribution in [0.1, 0.15) is 21.8 Å². The summed E-state index contributed by atoms with van der Waals surface area (Å²) >= 11 is 0. The summed E-state index contributed by atoms with van der Waals surface area (Å²) < 4.78 is 16.4. The van der Waals surface area contributed by atoms with Gasteiger partial charge in [-0.05, 0) is 35.9 Å². The molecule has 4 rings (SSSR count). The zero-order valence-electron chi connectivity index (χ0n) is 15.1. The Bertz CT molecular complexity index is 991. The van der Waals surface area contributed by atoms with Crippen molar-refractivity contribution in [2.24, 2.45) is 0 Å². The lowest BCUT2D eigenvalue weighted by Crippen LogP contribution is -2.53. The second-order valence-corrected chi connectivity index (χ2v) is 6.52. The number of hydrogen-bond acceptors (Lipinski definition) is 6. The fourth-order valence-electron chi connectivity index (χ4n) is 3.15. The van der Waals surface area contributed by atoms with Gasteiger partial charge in [0.05, 0.1) is 20.3 Å². The molecule has 3 aromatic rings. The maximum absolute atomic E-state index is 12.4. The number of benzene rings is 2. The third-order valence-electron chi connectivity index (χ3n) is 4.63. The van der Waals surface area contributed by atoms with Gasteiger partial charge in [0.25, 0.3) is 5.91 Å². The van der Waals surface area contributed by atoms with Crippen molar-refractivity contribution >= 4 is 17.0 Å². The molecule has 0 bridgehead atoms. The number of aromatic nitrogens is 1. The van der Waals surface area contributed by atoms with Crippen molar-refractivity contribution < 1.29 is 23.8 Å². The Morgan fingerprint density at radius 1 is 1.19 bits per heavy atom. The van der Waals surface area contributed by atoms with Crippen LogP contribution < -0.4 is 9.47 Å². The molecule has 0 radical (unpaired) electrons. The molecule has 1 aliphatic rings. The average molecular weight is 368 g/mol. The molecule has 27 heavy (non-hydrogen) atoms. The standard InChI is InChI=1S/C20H20N2O5/c1-25-16-6-3-12(7-18(16)26-2)8-19-21-15-5-4-13(9-17(15)27-19)20(24)22-10-14(23)11-22/h3-7,9,14,23H,8,10-11H2,1-2H3. The first-order valence-electron chi connectivity index (χ1n) is 8.65. The molecule has 2 heterocycles. The maximum Gasteiger partial charge on any atom is 0.254 e. The second kappa shape index (κ2) is 6.92. The molecule has 7 nitrogen and oxygen atoms in total. The lowest BCUT2D eigenvalue weighted by atomic mass is 10.1. The van der Waals surface area contributed by atoms with E-state index in [4.69, 9.17) is 13.9 Å². The largest absolute Gasteiger partial charge is 0.493 e. The number of hydrogen-bond donors (Lipinski definition) is 1. The summed E-state index contributed by atoms with van der Waals surface area (Å²) in [6.07, 6.45) is 0.0763. The van der Waals surface area contributed by atoms with Gasteiger partial charge in [0, 0.05) is 25.1 Å². The van der Waals surface area contributed by atoms with E-state index < -0.39 is 6.10 Å². The van der Waals surface area contributed by atoms with E-state index in [1.54, 1.807) is 37.3 Å². The number of aliphatic hydroxyl groups excluding tert-OH is 1. The van der Waals surface area contributed by atoms with Gasteiger partial charge in [-0.3, -0.25) is 4.79 Å². The van der Waals surface area contributed by atoms with Crippen molar-refractivity contribution in [2.45, 2.75) is 12.5 Å². The van der Waals surface area contributed by atoms with Crippen LogP contribution in [0.25, 0.3) is 11.1 Å².